The number of aliphatic hydroxyl groups excluding tert-OH is 1. The largest absolute Gasteiger partial charge is 0.508 e. The molecule has 4 heteroatoms. The molecule has 0 heterocycles. The van der Waals surface area contributed by atoms with E-state index in [-0.39, 0.29) is 18.4 Å². The Balaban J connectivity index is 2.53. The van der Waals surface area contributed by atoms with Crippen LogP contribution in [0.2, 0.25) is 5.02 Å². The topological polar surface area (TPSA) is 52.5 Å². The highest BCUT2D eigenvalue weighted by Crippen LogP contribution is 2.21. The zero-order chi connectivity index (χ0) is 11.3. The van der Waals surface area contributed by atoms with Gasteiger partial charge in [-0.25, -0.2) is 0 Å². The zero-order valence-electron chi connectivity index (χ0n) is 8.70. The van der Waals surface area contributed by atoms with Gasteiger partial charge in [-0.2, -0.15) is 0 Å². The van der Waals surface area contributed by atoms with Crippen LogP contribution in [0.1, 0.15) is 18.9 Å². The van der Waals surface area contributed by atoms with E-state index in [0.29, 0.717) is 18.0 Å². The maximum absolute atomic E-state index is 9.53. The van der Waals surface area contributed by atoms with Gasteiger partial charge < -0.3 is 15.5 Å². The quantitative estimate of drug-likeness (QED) is 0.723. The maximum Gasteiger partial charge on any atom is 0.120 e. The summed E-state index contributed by atoms with van der Waals surface area (Å²) in [5.74, 6) is 0.239. The van der Waals surface area contributed by atoms with Gasteiger partial charge in [0.2, 0.25) is 0 Å². The van der Waals surface area contributed by atoms with E-state index in [9.17, 15) is 5.11 Å². The fourth-order valence-electron chi connectivity index (χ4n) is 1.28. The summed E-state index contributed by atoms with van der Waals surface area (Å²) in [4.78, 5) is 0. The SMILES string of the molecule is C[C@H](CCO)NCc1cc(Cl)ccc1O. The Labute approximate surface area is 94.7 Å². The number of phenols is 1. The molecule has 1 rings (SSSR count). The van der Waals surface area contributed by atoms with Crippen LogP contribution in [0.15, 0.2) is 18.2 Å². The standard InChI is InChI=1S/C11H16ClNO2/c1-8(4-5-14)13-7-9-6-10(12)2-3-11(9)15/h2-3,6,8,13-15H,4-5,7H2,1H3/t8-/m1/s1. The summed E-state index contributed by atoms with van der Waals surface area (Å²) in [6, 6.07) is 5.18. The third kappa shape index (κ3) is 4.08. The van der Waals surface area contributed by atoms with E-state index >= 15 is 0 Å². The average molecular weight is 230 g/mol. The number of halogens is 1. The molecule has 0 unspecified atom stereocenters. The van der Waals surface area contributed by atoms with Gasteiger partial charge in [0.05, 0.1) is 0 Å². The second-order valence-electron chi connectivity index (χ2n) is 3.57. The van der Waals surface area contributed by atoms with Crippen LogP contribution >= 0.6 is 11.6 Å². The van der Waals surface area contributed by atoms with Crippen LogP contribution in [0.4, 0.5) is 0 Å². The van der Waals surface area contributed by atoms with Gasteiger partial charge in [0.25, 0.3) is 0 Å². The molecule has 84 valence electrons. The van der Waals surface area contributed by atoms with Crippen molar-refractivity contribution in [2.24, 2.45) is 0 Å². The Morgan fingerprint density at radius 2 is 2.20 bits per heavy atom. The van der Waals surface area contributed by atoms with Gasteiger partial charge in [-0.3, -0.25) is 0 Å². The van der Waals surface area contributed by atoms with Gasteiger partial charge >= 0.3 is 0 Å². The summed E-state index contributed by atoms with van der Waals surface area (Å²) < 4.78 is 0. The van der Waals surface area contributed by atoms with Gasteiger partial charge in [0.15, 0.2) is 0 Å². The van der Waals surface area contributed by atoms with Crippen LogP contribution in [0, 0.1) is 0 Å². The first-order chi connectivity index (χ1) is 7.13. The molecular formula is C11H16ClNO2. The number of nitrogens with one attached hydrogen (secondary N) is 1. The van der Waals surface area contributed by atoms with Gasteiger partial charge in [-0.15, -0.1) is 0 Å². The lowest BCUT2D eigenvalue weighted by Crippen LogP contribution is -2.26. The summed E-state index contributed by atoms with van der Waals surface area (Å²) in [6.07, 6.45) is 0.696. The first kappa shape index (κ1) is 12.3. The smallest absolute Gasteiger partial charge is 0.120 e. The van der Waals surface area contributed by atoms with Crippen molar-refractivity contribution >= 4 is 11.6 Å². The van der Waals surface area contributed by atoms with E-state index in [0.717, 1.165) is 5.56 Å². The molecule has 0 amide bonds. The summed E-state index contributed by atoms with van der Waals surface area (Å²) in [5, 5.41) is 22.1. The van der Waals surface area contributed by atoms with Crippen molar-refractivity contribution in [3.8, 4) is 5.75 Å². The average Bonchev–Trinajstić information content (AvgIpc) is 2.20. The van der Waals surface area contributed by atoms with Crippen molar-refractivity contribution < 1.29 is 10.2 Å². The van der Waals surface area contributed by atoms with Crippen LogP contribution in [0.3, 0.4) is 0 Å². The van der Waals surface area contributed by atoms with Crippen molar-refractivity contribution in [2.75, 3.05) is 6.61 Å². The molecule has 0 aliphatic rings. The first-order valence-corrected chi connectivity index (χ1v) is 5.33. The molecule has 1 aromatic rings. The predicted octanol–water partition coefficient (Wildman–Crippen LogP) is 1.91. The number of phenolic OH excluding ortho intramolecular Hbond substituents is 1. The third-order valence-electron chi connectivity index (χ3n) is 2.24. The lowest BCUT2D eigenvalue weighted by molar-refractivity contribution is 0.268. The molecular weight excluding hydrogens is 214 g/mol. The van der Waals surface area contributed by atoms with Crippen molar-refractivity contribution in [3.63, 3.8) is 0 Å². The Hall–Kier alpha value is -0.770. The van der Waals surface area contributed by atoms with Crippen LogP contribution in [0.5, 0.6) is 5.75 Å². The highest BCUT2D eigenvalue weighted by Gasteiger charge is 2.04. The highest BCUT2D eigenvalue weighted by atomic mass is 35.5. The van der Waals surface area contributed by atoms with Crippen molar-refractivity contribution in [3.05, 3.63) is 28.8 Å². The van der Waals surface area contributed by atoms with E-state index in [1.54, 1.807) is 18.2 Å². The molecule has 3 N–H and O–H groups in total. The number of hydrogen-bond donors (Lipinski definition) is 3. The van der Waals surface area contributed by atoms with E-state index in [1.807, 2.05) is 6.92 Å². The Morgan fingerprint density at radius 1 is 1.47 bits per heavy atom. The minimum Gasteiger partial charge on any atom is -0.508 e. The van der Waals surface area contributed by atoms with E-state index in [1.165, 1.54) is 0 Å². The molecule has 15 heavy (non-hydrogen) atoms. The minimum absolute atomic E-state index is 0.162. The van der Waals surface area contributed by atoms with Crippen LogP contribution in [-0.4, -0.2) is 22.9 Å². The number of aliphatic hydroxyl groups is 1. The summed E-state index contributed by atoms with van der Waals surface area (Å²) >= 11 is 5.81. The molecule has 3 nitrogen and oxygen atoms in total. The van der Waals surface area contributed by atoms with Crippen molar-refractivity contribution in [1.82, 2.24) is 5.32 Å². The molecule has 1 aromatic carbocycles. The fourth-order valence-corrected chi connectivity index (χ4v) is 1.47. The predicted molar refractivity (Wildman–Crippen MR) is 61.1 cm³/mol. The summed E-state index contributed by atoms with van der Waals surface area (Å²) in [7, 11) is 0. The second kappa shape index (κ2) is 5.95. The maximum atomic E-state index is 9.53. The van der Waals surface area contributed by atoms with Gasteiger partial charge in [-0.05, 0) is 31.5 Å². The van der Waals surface area contributed by atoms with Crippen molar-refractivity contribution in [2.45, 2.75) is 25.9 Å². The number of hydrogen-bond acceptors (Lipinski definition) is 3. The Bertz CT molecular complexity index is 317. The second-order valence-corrected chi connectivity index (χ2v) is 4.00. The van der Waals surface area contributed by atoms with Gasteiger partial charge in [0, 0.05) is 29.8 Å². The monoisotopic (exact) mass is 229 g/mol. The lowest BCUT2D eigenvalue weighted by atomic mass is 10.1. The molecule has 0 radical (unpaired) electrons. The van der Waals surface area contributed by atoms with E-state index in [2.05, 4.69) is 5.32 Å². The molecule has 0 saturated heterocycles. The molecule has 0 aromatic heterocycles. The van der Waals surface area contributed by atoms with Crippen LogP contribution in [0.25, 0.3) is 0 Å². The van der Waals surface area contributed by atoms with E-state index in [4.69, 9.17) is 16.7 Å². The molecule has 0 spiro atoms. The summed E-state index contributed by atoms with van der Waals surface area (Å²) in [5.41, 5.74) is 0.771. The fraction of sp³-hybridized carbons (Fsp3) is 0.455. The first-order valence-electron chi connectivity index (χ1n) is 4.95. The number of aromatic hydroxyl groups is 1. The molecule has 1 atom stereocenters. The van der Waals surface area contributed by atoms with Crippen molar-refractivity contribution in [1.29, 1.82) is 0 Å². The highest BCUT2D eigenvalue weighted by molar-refractivity contribution is 6.30. The van der Waals surface area contributed by atoms with E-state index < -0.39 is 0 Å². The molecule has 0 saturated carbocycles. The molecule has 0 fully saturated rings. The zero-order valence-corrected chi connectivity index (χ0v) is 9.46. The third-order valence-corrected chi connectivity index (χ3v) is 2.48. The Morgan fingerprint density at radius 3 is 2.87 bits per heavy atom. The lowest BCUT2D eigenvalue weighted by Gasteiger charge is -2.13. The van der Waals surface area contributed by atoms with Gasteiger partial charge in [0.1, 0.15) is 5.75 Å². The normalized spacial score (nSPS) is 12.7. The number of rotatable bonds is 5. The number of benzene rings is 1. The Kier molecular flexibility index (Phi) is 4.88. The van der Waals surface area contributed by atoms with Gasteiger partial charge in [-0.1, -0.05) is 11.6 Å². The van der Waals surface area contributed by atoms with Crippen LogP contribution in [-0.2, 0) is 6.54 Å². The minimum atomic E-state index is 0.162. The summed E-state index contributed by atoms with van der Waals surface area (Å²) in [6.45, 7) is 2.70. The molecule has 0 bridgehead atoms. The molecule has 0 aliphatic carbocycles. The van der Waals surface area contributed by atoms with Crippen LogP contribution < -0.4 is 5.32 Å². The molecule has 0 aliphatic heterocycles.